The second-order valence-electron chi connectivity index (χ2n) is 4.58. The normalized spacial score (nSPS) is 29.1. The molecule has 0 aliphatic heterocycles. The summed E-state index contributed by atoms with van der Waals surface area (Å²) in [5.74, 6) is 2.17. The van der Waals surface area contributed by atoms with E-state index < -0.39 is 0 Å². The molecule has 1 fully saturated rings. The highest BCUT2D eigenvalue weighted by atomic mass is 15.3. The van der Waals surface area contributed by atoms with Crippen LogP contribution >= 0.6 is 0 Å². The van der Waals surface area contributed by atoms with Crippen molar-refractivity contribution in [2.24, 2.45) is 17.1 Å². The molecule has 4 nitrogen and oxygen atoms in total. The fourth-order valence-corrected chi connectivity index (χ4v) is 2.45. The van der Waals surface area contributed by atoms with Gasteiger partial charge in [0.2, 0.25) is 0 Å². The van der Waals surface area contributed by atoms with E-state index in [1.54, 1.807) is 6.33 Å². The smallest absolute Gasteiger partial charge is 0.138 e. The lowest BCUT2D eigenvalue weighted by Crippen LogP contribution is -2.06. The number of aryl methyl sites for hydroxylation is 1. The summed E-state index contributed by atoms with van der Waals surface area (Å²) in [6.07, 6.45) is 1.64. The topological polar surface area (TPSA) is 56.7 Å². The molecule has 0 amide bonds. The van der Waals surface area contributed by atoms with Crippen LogP contribution in [-0.4, -0.2) is 21.3 Å². The van der Waals surface area contributed by atoms with Gasteiger partial charge in [0, 0.05) is 12.5 Å². The maximum Gasteiger partial charge on any atom is 0.138 e. The van der Waals surface area contributed by atoms with Crippen LogP contribution in [0.4, 0.5) is 0 Å². The number of nitrogens with zero attached hydrogens (tertiary/aromatic N) is 3. The zero-order valence-electron chi connectivity index (χ0n) is 9.07. The highest BCUT2D eigenvalue weighted by Gasteiger charge is 2.59. The third kappa shape index (κ3) is 1.17. The minimum atomic E-state index is 0.300. The van der Waals surface area contributed by atoms with Crippen molar-refractivity contribution >= 4 is 0 Å². The zero-order chi connectivity index (χ0) is 10.3. The fourth-order valence-electron chi connectivity index (χ4n) is 2.45. The van der Waals surface area contributed by atoms with Gasteiger partial charge in [-0.15, -0.1) is 0 Å². The first-order valence-electron chi connectivity index (χ1n) is 5.20. The van der Waals surface area contributed by atoms with Crippen LogP contribution in [0.3, 0.4) is 0 Å². The molecule has 2 N–H and O–H groups in total. The molecule has 4 heteroatoms. The van der Waals surface area contributed by atoms with Gasteiger partial charge in [-0.1, -0.05) is 13.8 Å². The molecule has 1 saturated carbocycles. The van der Waals surface area contributed by atoms with E-state index in [1.807, 2.05) is 4.68 Å². The van der Waals surface area contributed by atoms with Crippen LogP contribution in [0.5, 0.6) is 0 Å². The third-order valence-electron chi connectivity index (χ3n) is 3.53. The van der Waals surface area contributed by atoms with Crippen LogP contribution in [0.15, 0.2) is 6.33 Å². The molecule has 1 aromatic rings. The molecule has 78 valence electrons. The van der Waals surface area contributed by atoms with Gasteiger partial charge < -0.3 is 5.73 Å². The molecule has 14 heavy (non-hydrogen) atoms. The Bertz CT molecular complexity index is 329. The fraction of sp³-hybridized carbons (Fsp3) is 0.800. The molecular formula is C10H18N4. The highest BCUT2D eigenvalue weighted by Crippen LogP contribution is 2.63. The largest absolute Gasteiger partial charge is 0.330 e. The molecule has 0 radical (unpaired) electrons. The molecular weight excluding hydrogens is 176 g/mol. The van der Waals surface area contributed by atoms with Crippen LogP contribution in [-0.2, 0) is 6.54 Å². The molecule has 0 bridgehead atoms. The van der Waals surface area contributed by atoms with E-state index in [1.165, 1.54) is 0 Å². The quantitative estimate of drug-likeness (QED) is 0.781. The van der Waals surface area contributed by atoms with E-state index in [9.17, 15) is 0 Å². The van der Waals surface area contributed by atoms with Crippen LogP contribution in [0, 0.1) is 11.3 Å². The van der Waals surface area contributed by atoms with Crippen LogP contribution < -0.4 is 5.73 Å². The van der Waals surface area contributed by atoms with Crippen molar-refractivity contribution in [1.82, 2.24) is 14.8 Å². The summed E-state index contributed by atoms with van der Waals surface area (Å²) < 4.78 is 1.97. The van der Waals surface area contributed by atoms with Gasteiger partial charge in [0.1, 0.15) is 12.2 Å². The predicted molar refractivity (Wildman–Crippen MR) is 54.8 cm³/mol. The summed E-state index contributed by atoms with van der Waals surface area (Å²) in [4.78, 5) is 4.34. The monoisotopic (exact) mass is 194 g/mol. The maximum absolute atomic E-state index is 5.74. The Balaban J connectivity index is 2.26. The van der Waals surface area contributed by atoms with Gasteiger partial charge in [-0.25, -0.2) is 4.98 Å². The molecule has 1 aromatic heterocycles. The van der Waals surface area contributed by atoms with Crippen molar-refractivity contribution in [3.8, 4) is 0 Å². The predicted octanol–water partition coefficient (Wildman–Crippen LogP) is 0.996. The SMILES string of the molecule is CCn1ncnc1C1C(CN)C1(C)C. The Morgan fingerprint density at radius 1 is 1.57 bits per heavy atom. The second-order valence-corrected chi connectivity index (χ2v) is 4.58. The average Bonchev–Trinajstić information content (AvgIpc) is 2.55. The minimum absolute atomic E-state index is 0.300. The van der Waals surface area contributed by atoms with Gasteiger partial charge in [0.25, 0.3) is 0 Å². The van der Waals surface area contributed by atoms with Crippen molar-refractivity contribution in [3.63, 3.8) is 0 Å². The van der Waals surface area contributed by atoms with Crippen LogP contribution in [0.2, 0.25) is 0 Å². The Morgan fingerprint density at radius 2 is 2.29 bits per heavy atom. The van der Waals surface area contributed by atoms with Gasteiger partial charge in [-0.2, -0.15) is 5.10 Å². The van der Waals surface area contributed by atoms with E-state index in [0.717, 1.165) is 18.9 Å². The third-order valence-corrected chi connectivity index (χ3v) is 3.53. The molecule has 1 heterocycles. The zero-order valence-corrected chi connectivity index (χ0v) is 9.07. The van der Waals surface area contributed by atoms with Gasteiger partial charge in [0.15, 0.2) is 0 Å². The Labute approximate surface area is 84.5 Å². The number of nitrogens with two attached hydrogens (primary N) is 1. The molecule has 2 unspecified atom stereocenters. The summed E-state index contributed by atoms with van der Waals surface area (Å²) >= 11 is 0. The lowest BCUT2D eigenvalue weighted by molar-refractivity contribution is 0.542. The van der Waals surface area contributed by atoms with Crippen LogP contribution in [0.1, 0.15) is 32.5 Å². The highest BCUT2D eigenvalue weighted by molar-refractivity contribution is 5.21. The summed E-state index contributed by atoms with van der Waals surface area (Å²) in [5, 5.41) is 4.19. The summed E-state index contributed by atoms with van der Waals surface area (Å²) in [6, 6.07) is 0. The first-order valence-corrected chi connectivity index (χ1v) is 5.20. The maximum atomic E-state index is 5.74. The number of rotatable bonds is 3. The summed E-state index contributed by atoms with van der Waals surface area (Å²) in [7, 11) is 0. The Kier molecular flexibility index (Phi) is 2.10. The van der Waals surface area contributed by atoms with Crippen molar-refractivity contribution in [2.75, 3.05) is 6.54 Å². The first-order chi connectivity index (χ1) is 6.62. The summed E-state index contributed by atoms with van der Waals surface area (Å²) in [6.45, 7) is 8.23. The summed E-state index contributed by atoms with van der Waals surface area (Å²) in [5.41, 5.74) is 6.04. The standard InChI is InChI=1S/C10H18N4/c1-4-14-9(12-6-13-14)8-7(5-11)10(8,2)3/h6-8H,4-5,11H2,1-3H3. The van der Waals surface area contributed by atoms with Crippen molar-refractivity contribution in [3.05, 3.63) is 12.2 Å². The average molecular weight is 194 g/mol. The molecule has 0 saturated heterocycles. The Morgan fingerprint density at radius 3 is 2.79 bits per heavy atom. The van der Waals surface area contributed by atoms with E-state index in [-0.39, 0.29) is 0 Å². The van der Waals surface area contributed by atoms with Crippen molar-refractivity contribution < 1.29 is 0 Å². The molecule has 1 aliphatic carbocycles. The van der Waals surface area contributed by atoms with E-state index in [0.29, 0.717) is 17.3 Å². The molecule has 2 rings (SSSR count). The number of hydrogen-bond acceptors (Lipinski definition) is 3. The Hall–Kier alpha value is -0.900. The van der Waals surface area contributed by atoms with E-state index in [2.05, 4.69) is 30.9 Å². The number of hydrogen-bond donors (Lipinski definition) is 1. The van der Waals surface area contributed by atoms with Crippen LogP contribution in [0.25, 0.3) is 0 Å². The second kappa shape index (κ2) is 3.05. The first kappa shape index (κ1) is 9.65. The minimum Gasteiger partial charge on any atom is -0.330 e. The van der Waals surface area contributed by atoms with Crippen molar-refractivity contribution in [1.29, 1.82) is 0 Å². The molecule has 2 atom stereocenters. The van der Waals surface area contributed by atoms with Gasteiger partial charge in [-0.3, -0.25) is 4.68 Å². The van der Waals surface area contributed by atoms with Gasteiger partial charge >= 0.3 is 0 Å². The molecule has 0 spiro atoms. The number of aromatic nitrogens is 3. The lowest BCUT2D eigenvalue weighted by atomic mass is 10.1. The van der Waals surface area contributed by atoms with E-state index >= 15 is 0 Å². The lowest BCUT2D eigenvalue weighted by Gasteiger charge is -2.03. The van der Waals surface area contributed by atoms with Gasteiger partial charge in [0.05, 0.1) is 0 Å². The van der Waals surface area contributed by atoms with Gasteiger partial charge in [-0.05, 0) is 24.8 Å². The van der Waals surface area contributed by atoms with Crippen molar-refractivity contribution in [2.45, 2.75) is 33.2 Å². The molecule has 0 aromatic carbocycles. The van der Waals surface area contributed by atoms with E-state index in [4.69, 9.17) is 5.73 Å². The molecule has 1 aliphatic rings.